The molecule has 1 amide bonds. The molecule has 0 bridgehead atoms. The summed E-state index contributed by atoms with van der Waals surface area (Å²) in [6, 6.07) is 0.317. The second kappa shape index (κ2) is 6.66. The number of rotatable bonds is 5. The summed E-state index contributed by atoms with van der Waals surface area (Å²) in [5, 5.41) is 0. The van der Waals surface area contributed by atoms with Crippen molar-refractivity contribution in [3.63, 3.8) is 0 Å². The molecule has 4 heteroatoms. The highest BCUT2D eigenvalue weighted by molar-refractivity contribution is 5.87. The second-order valence-corrected chi connectivity index (χ2v) is 6.89. The van der Waals surface area contributed by atoms with Gasteiger partial charge in [0.2, 0.25) is 5.91 Å². The lowest BCUT2D eigenvalue weighted by Gasteiger charge is -2.41. The second-order valence-electron chi connectivity index (χ2n) is 6.89. The molecule has 0 aromatic rings. The van der Waals surface area contributed by atoms with Crippen LogP contribution < -0.4 is 0 Å². The summed E-state index contributed by atoms with van der Waals surface area (Å²) in [4.78, 5) is 18.0. The largest absolute Gasteiger partial charge is 0.380 e. The van der Waals surface area contributed by atoms with Crippen molar-refractivity contribution < 1.29 is 9.53 Å². The van der Waals surface area contributed by atoms with Gasteiger partial charge >= 0.3 is 0 Å². The van der Waals surface area contributed by atoms with E-state index < -0.39 is 0 Å². The lowest BCUT2D eigenvalue weighted by Crippen LogP contribution is -2.58. The molecule has 0 N–H and O–H groups in total. The minimum absolute atomic E-state index is 0.161. The molecule has 4 nitrogen and oxygen atoms in total. The quantitative estimate of drug-likeness (QED) is 0.780. The van der Waals surface area contributed by atoms with Crippen molar-refractivity contribution >= 4 is 5.91 Å². The molecule has 3 aliphatic rings. The van der Waals surface area contributed by atoms with Crippen molar-refractivity contribution in [1.82, 2.24) is 9.80 Å². The van der Waals surface area contributed by atoms with Crippen LogP contribution in [0.5, 0.6) is 0 Å². The molecular formula is C17H30N2O2. The van der Waals surface area contributed by atoms with E-state index >= 15 is 0 Å². The summed E-state index contributed by atoms with van der Waals surface area (Å²) >= 11 is 0. The molecule has 2 saturated heterocycles. The van der Waals surface area contributed by atoms with Crippen LogP contribution in [0.1, 0.15) is 58.3 Å². The highest BCUT2D eigenvalue weighted by Crippen LogP contribution is 2.40. The Morgan fingerprint density at radius 3 is 2.48 bits per heavy atom. The summed E-state index contributed by atoms with van der Waals surface area (Å²) in [6.45, 7) is 6.68. The maximum Gasteiger partial charge on any atom is 0.243 e. The zero-order valence-electron chi connectivity index (χ0n) is 13.5. The van der Waals surface area contributed by atoms with Crippen LogP contribution in [-0.2, 0) is 9.53 Å². The lowest BCUT2D eigenvalue weighted by molar-refractivity contribution is -0.146. The van der Waals surface area contributed by atoms with Crippen molar-refractivity contribution in [2.24, 2.45) is 0 Å². The number of amides is 1. The van der Waals surface area contributed by atoms with E-state index in [2.05, 4.69) is 9.80 Å². The maximum absolute atomic E-state index is 13.4. The fourth-order valence-corrected chi connectivity index (χ4v) is 4.57. The molecule has 0 aromatic heterocycles. The van der Waals surface area contributed by atoms with Gasteiger partial charge in [0.1, 0.15) is 5.54 Å². The summed E-state index contributed by atoms with van der Waals surface area (Å²) in [5.41, 5.74) is -0.161. The molecule has 120 valence electrons. The Kier molecular flexibility index (Phi) is 4.85. The topological polar surface area (TPSA) is 32.8 Å². The van der Waals surface area contributed by atoms with Crippen LogP contribution in [0.15, 0.2) is 0 Å². The van der Waals surface area contributed by atoms with Gasteiger partial charge in [0.05, 0.1) is 12.6 Å². The Labute approximate surface area is 128 Å². The number of likely N-dealkylation sites (tertiary alicyclic amines) is 2. The van der Waals surface area contributed by atoms with E-state index in [9.17, 15) is 4.79 Å². The van der Waals surface area contributed by atoms with Gasteiger partial charge in [0, 0.05) is 13.2 Å². The monoisotopic (exact) mass is 294 g/mol. The minimum Gasteiger partial charge on any atom is -0.380 e. The Hall–Kier alpha value is -0.610. The van der Waals surface area contributed by atoms with Gasteiger partial charge in [-0.3, -0.25) is 9.69 Å². The number of hydrogen-bond donors (Lipinski definition) is 0. The predicted molar refractivity (Wildman–Crippen MR) is 83.2 cm³/mol. The molecule has 1 saturated carbocycles. The molecule has 1 unspecified atom stereocenters. The molecule has 1 atom stereocenters. The van der Waals surface area contributed by atoms with E-state index in [1.807, 2.05) is 6.92 Å². The average Bonchev–Trinajstić information content (AvgIpc) is 3.24. The van der Waals surface area contributed by atoms with Crippen LogP contribution in [0.2, 0.25) is 0 Å². The highest BCUT2D eigenvalue weighted by atomic mass is 16.5. The van der Waals surface area contributed by atoms with Gasteiger partial charge in [-0.15, -0.1) is 0 Å². The summed E-state index contributed by atoms with van der Waals surface area (Å²) in [6.07, 6.45) is 9.35. The van der Waals surface area contributed by atoms with Gasteiger partial charge in [0.15, 0.2) is 0 Å². The van der Waals surface area contributed by atoms with E-state index in [1.165, 1.54) is 25.7 Å². The van der Waals surface area contributed by atoms with E-state index in [4.69, 9.17) is 4.74 Å². The standard InChI is InChI=1S/C17H30N2O2/c1-2-21-14-15-8-7-13-19(15)16(20)17(9-3-4-10-17)18-11-5-6-12-18/h15H,2-14H2,1H3. The van der Waals surface area contributed by atoms with Crippen LogP contribution in [0.4, 0.5) is 0 Å². The lowest BCUT2D eigenvalue weighted by atomic mass is 9.93. The number of carbonyl (C=O) groups excluding carboxylic acids is 1. The van der Waals surface area contributed by atoms with E-state index in [1.54, 1.807) is 0 Å². The summed E-state index contributed by atoms with van der Waals surface area (Å²) < 4.78 is 5.61. The molecule has 2 aliphatic heterocycles. The fourth-order valence-electron chi connectivity index (χ4n) is 4.57. The smallest absolute Gasteiger partial charge is 0.243 e. The third kappa shape index (κ3) is 2.85. The molecule has 3 rings (SSSR count). The summed E-state index contributed by atoms with van der Waals surface area (Å²) in [5.74, 6) is 0.420. The van der Waals surface area contributed by atoms with Crippen molar-refractivity contribution in [3.05, 3.63) is 0 Å². The third-order valence-corrected chi connectivity index (χ3v) is 5.69. The molecule has 0 radical (unpaired) electrons. The molecule has 0 aromatic carbocycles. The zero-order chi connectivity index (χ0) is 14.7. The zero-order valence-corrected chi connectivity index (χ0v) is 13.5. The van der Waals surface area contributed by atoms with E-state index in [0.717, 1.165) is 58.5 Å². The first-order valence-electron chi connectivity index (χ1n) is 8.92. The molecule has 3 fully saturated rings. The molecule has 2 heterocycles. The Morgan fingerprint density at radius 2 is 1.81 bits per heavy atom. The van der Waals surface area contributed by atoms with Gasteiger partial charge in [-0.25, -0.2) is 0 Å². The number of nitrogens with zero attached hydrogens (tertiary/aromatic N) is 2. The van der Waals surface area contributed by atoms with E-state index in [0.29, 0.717) is 11.9 Å². The first kappa shape index (κ1) is 15.3. The van der Waals surface area contributed by atoms with Gasteiger partial charge < -0.3 is 9.64 Å². The fraction of sp³-hybridized carbons (Fsp3) is 0.941. The van der Waals surface area contributed by atoms with Crippen molar-refractivity contribution in [2.75, 3.05) is 32.8 Å². The van der Waals surface area contributed by atoms with Gasteiger partial charge in [-0.2, -0.15) is 0 Å². The van der Waals surface area contributed by atoms with E-state index in [-0.39, 0.29) is 5.54 Å². The Balaban J connectivity index is 1.74. The first-order chi connectivity index (χ1) is 10.3. The third-order valence-electron chi connectivity index (χ3n) is 5.69. The Morgan fingerprint density at radius 1 is 1.10 bits per heavy atom. The molecule has 21 heavy (non-hydrogen) atoms. The first-order valence-corrected chi connectivity index (χ1v) is 8.92. The normalized spacial score (nSPS) is 29.4. The van der Waals surface area contributed by atoms with Crippen LogP contribution in [0, 0.1) is 0 Å². The van der Waals surface area contributed by atoms with Crippen molar-refractivity contribution in [2.45, 2.75) is 69.9 Å². The molecule has 0 spiro atoms. The highest BCUT2D eigenvalue weighted by Gasteiger charge is 2.50. The van der Waals surface area contributed by atoms with Crippen LogP contribution in [0.25, 0.3) is 0 Å². The minimum atomic E-state index is -0.161. The van der Waals surface area contributed by atoms with Gasteiger partial charge in [-0.05, 0) is 58.5 Å². The SMILES string of the molecule is CCOCC1CCCN1C(=O)C1(N2CCCC2)CCCC1. The molecule has 1 aliphatic carbocycles. The van der Waals surface area contributed by atoms with Crippen LogP contribution in [-0.4, -0.2) is 60.1 Å². The summed E-state index contributed by atoms with van der Waals surface area (Å²) in [7, 11) is 0. The number of hydrogen-bond acceptors (Lipinski definition) is 3. The number of carbonyl (C=O) groups is 1. The van der Waals surface area contributed by atoms with Crippen LogP contribution >= 0.6 is 0 Å². The average molecular weight is 294 g/mol. The molecular weight excluding hydrogens is 264 g/mol. The maximum atomic E-state index is 13.4. The Bertz CT molecular complexity index is 360. The van der Waals surface area contributed by atoms with Gasteiger partial charge in [-0.1, -0.05) is 12.8 Å². The number of ether oxygens (including phenoxy) is 1. The van der Waals surface area contributed by atoms with Gasteiger partial charge in [0.25, 0.3) is 0 Å². The van der Waals surface area contributed by atoms with Crippen LogP contribution in [0.3, 0.4) is 0 Å². The predicted octanol–water partition coefficient (Wildman–Crippen LogP) is 2.42. The van der Waals surface area contributed by atoms with Crippen molar-refractivity contribution in [1.29, 1.82) is 0 Å². The van der Waals surface area contributed by atoms with Crippen molar-refractivity contribution in [3.8, 4) is 0 Å².